The molecular formula is C14H19N5OS2. The summed E-state index contributed by atoms with van der Waals surface area (Å²) >= 11 is 3.12. The quantitative estimate of drug-likeness (QED) is 0.867. The van der Waals surface area contributed by atoms with Crippen molar-refractivity contribution in [1.29, 1.82) is 0 Å². The Morgan fingerprint density at radius 1 is 1.50 bits per heavy atom. The molecule has 6 nitrogen and oxygen atoms in total. The number of rotatable bonds is 4. The minimum absolute atomic E-state index is 0.176. The molecule has 1 atom stereocenters. The number of likely N-dealkylation sites (tertiary alicyclic amines) is 1. The van der Waals surface area contributed by atoms with E-state index in [0.717, 1.165) is 41.1 Å². The lowest BCUT2D eigenvalue weighted by molar-refractivity contribution is -0.129. The molecule has 0 saturated carbocycles. The van der Waals surface area contributed by atoms with Gasteiger partial charge in [-0.25, -0.2) is 9.97 Å². The zero-order valence-electron chi connectivity index (χ0n) is 12.7. The lowest BCUT2D eigenvalue weighted by Gasteiger charge is -2.31. The third-order valence-electron chi connectivity index (χ3n) is 3.67. The average Bonchev–Trinajstić information content (AvgIpc) is 3.13. The van der Waals surface area contributed by atoms with Gasteiger partial charge in [-0.1, -0.05) is 11.8 Å². The van der Waals surface area contributed by atoms with Gasteiger partial charge in [0.15, 0.2) is 10.2 Å². The first-order chi connectivity index (χ1) is 10.6. The molecule has 3 heterocycles. The van der Waals surface area contributed by atoms with E-state index in [9.17, 15) is 4.79 Å². The van der Waals surface area contributed by atoms with Crippen molar-refractivity contribution in [1.82, 2.24) is 25.1 Å². The van der Waals surface area contributed by atoms with Crippen LogP contribution in [0.2, 0.25) is 0 Å². The standard InChI is InChI=1S/C14H19N5OS2/c1-9-7-21-14(15-9)22-8-12(20)19-5-3-4-11(6-19)13-16-10(2)17-18-13/h7,11H,3-6,8H2,1-2H3,(H,16,17,18). The van der Waals surface area contributed by atoms with E-state index >= 15 is 0 Å². The fourth-order valence-electron chi connectivity index (χ4n) is 2.57. The number of nitrogens with one attached hydrogen (secondary N) is 1. The maximum Gasteiger partial charge on any atom is 0.233 e. The Bertz CT molecular complexity index is 653. The normalized spacial score (nSPS) is 18.6. The Hall–Kier alpha value is -1.41. The van der Waals surface area contributed by atoms with Crippen molar-refractivity contribution < 1.29 is 4.79 Å². The van der Waals surface area contributed by atoms with Crippen LogP contribution in [0.1, 0.15) is 36.1 Å². The van der Waals surface area contributed by atoms with Gasteiger partial charge in [0.25, 0.3) is 0 Å². The number of thioether (sulfide) groups is 1. The molecule has 1 unspecified atom stereocenters. The van der Waals surface area contributed by atoms with Crippen molar-refractivity contribution >= 4 is 29.0 Å². The first-order valence-electron chi connectivity index (χ1n) is 7.33. The fourth-order valence-corrected chi connectivity index (χ4v) is 4.32. The summed E-state index contributed by atoms with van der Waals surface area (Å²) in [5.41, 5.74) is 1.01. The molecule has 118 valence electrons. The Morgan fingerprint density at radius 2 is 2.36 bits per heavy atom. The number of amides is 1. The van der Waals surface area contributed by atoms with E-state index < -0.39 is 0 Å². The predicted octanol–water partition coefficient (Wildman–Crippen LogP) is 2.38. The third kappa shape index (κ3) is 3.67. The van der Waals surface area contributed by atoms with E-state index in [1.54, 1.807) is 11.3 Å². The van der Waals surface area contributed by atoms with Crippen LogP contribution in [0, 0.1) is 13.8 Å². The van der Waals surface area contributed by atoms with Gasteiger partial charge in [-0.05, 0) is 26.7 Å². The second-order valence-corrected chi connectivity index (χ2v) is 7.58. The van der Waals surface area contributed by atoms with Crippen LogP contribution in [0.25, 0.3) is 0 Å². The van der Waals surface area contributed by atoms with Gasteiger partial charge < -0.3 is 4.90 Å². The SMILES string of the molecule is Cc1csc(SCC(=O)N2CCCC(c3n[nH]c(C)n3)C2)n1. The van der Waals surface area contributed by atoms with Crippen LogP contribution in [-0.4, -0.2) is 49.8 Å². The van der Waals surface area contributed by atoms with Gasteiger partial charge >= 0.3 is 0 Å². The molecule has 0 radical (unpaired) electrons. The topological polar surface area (TPSA) is 74.8 Å². The summed E-state index contributed by atoms with van der Waals surface area (Å²) in [6.45, 7) is 5.41. The molecule has 22 heavy (non-hydrogen) atoms. The molecule has 3 rings (SSSR count). The summed E-state index contributed by atoms with van der Waals surface area (Å²) in [6, 6.07) is 0. The largest absolute Gasteiger partial charge is 0.341 e. The maximum atomic E-state index is 12.4. The Balaban J connectivity index is 1.55. The van der Waals surface area contributed by atoms with Gasteiger partial charge in [0, 0.05) is 30.1 Å². The first kappa shape index (κ1) is 15.5. The highest BCUT2D eigenvalue weighted by molar-refractivity contribution is 8.01. The summed E-state index contributed by atoms with van der Waals surface area (Å²) < 4.78 is 0.962. The zero-order valence-corrected chi connectivity index (χ0v) is 14.3. The second kappa shape index (κ2) is 6.78. The van der Waals surface area contributed by atoms with Crippen LogP contribution in [-0.2, 0) is 4.79 Å². The number of nitrogens with zero attached hydrogens (tertiary/aromatic N) is 4. The van der Waals surface area contributed by atoms with E-state index in [2.05, 4.69) is 20.2 Å². The Kier molecular flexibility index (Phi) is 4.77. The van der Waals surface area contributed by atoms with Crippen molar-refractivity contribution in [3.8, 4) is 0 Å². The van der Waals surface area contributed by atoms with E-state index in [0.29, 0.717) is 12.3 Å². The maximum absolute atomic E-state index is 12.4. The van der Waals surface area contributed by atoms with Crippen LogP contribution in [0.3, 0.4) is 0 Å². The molecular weight excluding hydrogens is 318 g/mol. The highest BCUT2D eigenvalue weighted by atomic mass is 32.2. The molecule has 8 heteroatoms. The van der Waals surface area contributed by atoms with Gasteiger partial charge in [0.05, 0.1) is 5.75 Å². The lowest BCUT2D eigenvalue weighted by atomic mass is 9.97. The van der Waals surface area contributed by atoms with Crippen LogP contribution in [0.5, 0.6) is 0 Å². The highest BCUT2D eigenvalue weighted by Gasteiger charge is 2.27. The summed E-state index contributed by atoms with van der Waals surface area (Å²) in [6.07, 6.45) is 2.05. The second-order valence-electron chi connectivity index (χ2n) is 5.50. The van der Waals surface area contributed by atoms with E-state index in [-0.39, 0.29) is 11.8 Å². The van der Waals surface area contributed by atoms with Crippen LogP contribution < -0.4 is 0 Å². The summed E-state index contributed by atoms with van der Waals surface area (Å²) in [4.78, 5) is 23.1. The molecule has 1 N–H and O–H groups in total. The third-order valence-corrected chi connectivity index (χ3v) is 5.79. The predicted molar refractivity (Wildman–Crippen MR) is 87.2 cm³/mol. The number of hydrogen-bond donors (Lipinski definition) is 1. The Labute approximate surface area is 137 Å². The van der Waals surface area contributed by atoms with Crippen LogP contribution in [0.15, 0.2) is 9.72 Å². The number of aryl methyl sites for hydroxylation is 2. The molecule has 0 aliphatic carbocycles. The summed E-state index contributed by atoms with van der Waals surface area (Å²) in [5.74, 6) is 2.53. The lowest BCUT2D eigenvalue weighted by Crippen LogP contribution is -2.40. The first-order valence-corrected chi connectivity index (χ1v) is 9.20. The number of aromatic nitrogens is 4. The monoisotopic (exact) mass is 337 g/mol. The number of carbonyl (C=O) groups excluding carboxylic acids is 1. The van der Waals surface area contributed by atoms with Gasteiger partial charge in [-0.15, -0.1) is 11.3 Å². The molecule has 0 aromatic carbocycles. The molecule has 2 aromatic heterocycles. The van der Waals surface area contributed by atoms with Gasteiger partial charge in [0.2, 0.25) is 5.91 Å². The van der Waals surface area contributed by atoms with Crippen LogP contribution in [0.4, 0.5) is 0 Å². The van der Waals surface area contributed by atoms with Crippen molar-refractivity contribution in [2.45, 2.75) is 36.9 Å². The van der Waals surface area contributed by atoms with Gasteiger partial charge in [-0.2, -0.15) is 5.10 Å². The average molecular weight is 337 g/mol. The molecule has 1 amide bonds. The van der Waals surface area contributed by atoms with Crippen molar-refractivity contribution in [2.24, 2.45) is 0 Å². The number of piperidine rings is 1. The minimum Gasteiger partial charge on any atom is -0.341 e. The summed E-state index contributed by atoms with van der Waals surface area (Å²) in [5, 5.41) is 9.13. The van der Waals surface area contributed by atoms with E-state index in [1.807, 2.05) is 24.1 Å². The van der Waals surface area contributed by atoms with Gasteiger partial charge in [0.1, 0.15) is 5.82 Å². The number of hydrogen-bond acceptors (Lipinski definition) is 6. The number of aromatic amines is 1. The molecule has 1 aliphatic heterocycles. The highest BCUT2D eigenvalue weighted by Crippen LogP contribution is 2.26. The number of thiazole rings is 1. The van der Waals surface area contributed by atoms with Crippen molar-refractivity contribution in [3.63, 3.8) is 0 Å². The van der Waals surface area contributed by atoms with Crippen molar-refractivity contribution in [2.75, 3.05) is 18.8 Å². The smallest absolute Gasteiger partial charge is 0.233 e. The van der Waals surface area contributed by atoms with Crippen molar-refractivity contribution in [3.05, 3.63) is 22.7 Å². The van der Waals surface area contributed by atoms with Gasteiger partial charge in [-0.3, -0.25) is 9.89 Å². The molecule has 0 bridgehead atoms. The molecule has 1 aliphatic rings. The molecule has 0 spiro atoms. The summed E-state index contributed by atoms with van der Waals surface area (Å²) in [7, 11) is 0. The Morgan fingerprint density at radius 3 is 3.05 bits per heavy atom. The molecule has 1 saturated heterocycles. The molecule has 2 aromatic rings. The number of H-pyrrole nitrogens is 1. The molecule has 1 fully saturated rings. The zero-order chi connectivity index (χ0) is 15.5. The number of carbonyl (C=O) groups is 1. The van der Waals surface area contributed by atoms with E-state index in [1.165, 1.54) is 11.8 Å². The minimum atomic E-state index is 0.176. The van der Waals surface area contributed by atoms with E-state index in [4.69, 9.17) is 0 Å². The fraction of sp³-hybridized carbons (Fsp3) is 0.571. The van der Waals surface area contributed by atoms with Crippen LogP contribution >= 0.6 is 23.1 Å².